The number of carbonyl (C=O) groups is 1. The van der Waals surface area contributed by atoms with Gasteiger partial charge in [-0.15, -0.1) is 11.3 Å². The van der Waals surface area contributed by atoms with E-state index in [1.807, 2.05) is 55.5 Å². The number of hydrogen-bond donors (Lipinski definition) is 2. The van der Waals surface area contributed by atoms with Gasteiger partial charge in [0.1, 0.15) is 0 Å². The Labute approximate surface area is 172 Å². The van der Waals surface area contributed by atoms with Crippen molar-refractivity contribution in [1.29, 1.82) is 0 Å². The Balaban J connectivity index is 1.56. The Kier molecular flexibility index (Phi) is 5.15. The molecule has 2 aromatic carbocycles. The molecule has 0 amide bonds. The van der Waals surface area contributed by atoms with Gasteiger partial charge in [-0.25, -0.2) is 0 Å². The predicted octanol–water partition coefficient (Wildman–Crippen LogP) is 6.13. The molecule has 4 nitrogen and oxygen atoms in total. The van der Waals surface area contributed by atoms with Crippen LogP contribution < -0.4 is 5.48 Å². The predicted molar refractivity (Wildman–Crippen MR) is 113 cm³/mol. The van der Waals surface area contributed by atoms with Crippen LogP contribution in [0.15, 0.2) is 54.6 Å². The summed E-state index contributed by atoms with van der Waals surface area (Å²) in [5, 5.41) is 9.26. The van der Waals surface area contributed by atoms with E-state index in [-0.39, 0.29) is 5.97 Å². The van der Waals surface area contributed by atoms with Gasteiger partial charge in [0, 0.05) is 0 Å². The molecule has 1 fully saturated rings. The van der Waals surface area contributed by atoms with Gasteiger partial charge >= 0.3 is 5.97 Å². The lowest BCUT2D eigenvalue weighted by atomic mass is 9.93. The average molecular weight is 414 g/mol. The molecule has 1 aromatic heterocycles. The molecule has 0 saturated heterocycles. The maximum Gasteiger partial charge on any atom is 0.316 e. The third-order valence-electron chi connectivity index (χ3n) is 5.16. The molecule has 1 saturated carbocycles. The molecule has 0 spiro atoms. The van der Waals surface area contributed by atoms with Crippen molar-refractivity contribution < 1.29 is 14.7 Å². The summed E-state index contributed by atoms with van der Waals surface area (Å²) in [6.07, 6.45) is 1.70. The van der Waals surface area contributed by atoms with Crippen LogP contribution in [0.25, 0.3) is 21.6 Å². The van der Waals surface area contributed by atoms with Crippen molar-refractivity contribution in [3.8, 4) is 21.6 Å². The second-order valence-corrected chi connectivity index (χ2v) is 8.55. The highest BCUT2D eigenvalue weighted by molar-refractivity contribution is 7.20. The molecule has 144 valence electrons. The summed E-state index contributed by atoms with van der Waals surface area (Å²) in [6.45, 7) is 2.25. The number of nitrogens with one attached hydrogen (secondary N) is 1. The first-order valence-corrected chi connectivity index (χ1v) is 10.3. The lowest BCUT2D eigenvalue weighted by Crippen LogP contribution is -2.23. The molecule has 6 heteroatoms. The monoisotopic (exact) mass is 413 g/mol. The number of thiophene rings is 1. The Morgan fingerprint density at radius 3 is 2.21 bits per heavy atom. The van der Waals surface area contributed by atoms with E-state index in [0.717, 1.165) is 40.0 Å². The first-order chi connectivity index (χ1) is 13.6. The fourth-order valence-electron chi connectivity index (χ4n) is 3.46. The third kappa shape index (κ3) is 3.41. The molecule has 4 rings (SSSR count). The van der Waals surface area contributed by atoms with Crippen LogP contribution in [0, 0.1) is 0 Å². The highest BCUT2D eigenvalue weighted by Crippen LogP contribution is 2.49. The molecule has 28 heavy (non-hydrogen) atoms. The molecule has 0 aliphatic heterocycles. The van der Waals surface area contributed by atoms with Crippen molar-refractivity contribution in [2.75, 3.05) is 12.1 Å². The Bertz CT molecular complexity index is 992. The molecular formula is C22H20ClNO3S. The molecule has 1 aliphatic carbocycles. The summed E-state index contributed by atoms with van der Waals surface area (Å²) in [5.74, 6) is -0.116. The van der Waals surface area contributed by atoms with Gasteiger partial charge in [0.2, 0.25) is 0 Å². The zero-order valence-electron chi connectivity index (χ0n) is 15.4. The Morgan fingerprint density at radius 2 is 1.68 bits per heavy atom. The van der Waals surface area contributed by atoms with Crippen LogP contribution in [0.5, 0.6) is 0 Å². The van der Waals surface area contributed by atoms with Crippen molar-refractivity contribution in [3.63, 3.8) is 0 Å². The van der Waals surface area contributed by atoms with Gasteiger partial charge in [0.05, 0.1) is 26.9 Å². The summed E-state index contributed by atoms with van der Waals surface area (Å²) in [6, 6.07) is 17.9. The first kappa shape index (κ1) is 19.0. The number of anilines is 1. The standard InChI is InChI=1S/C22H20ClNO3S/c1-2-27-21(25)22(11-12-22)17-9-7-15(8-10-17)14-3-5-16(6-4-14)20-18(24-26)13-19(23)28-20/h3-10,13,24,26H,2,11-12H2,1H3. The lowest BCUT2D eigenvalue weighted by molar-refractivity contribution is -0.146. The van der Waals surface area contributed by atoms with Gasteiger partial charge in [0.25, 0.3) is 0 Å². The molecule has 0 radical (unpaired) electrons. The average Bonchev–Trinajstić information content (AvgIpc) is 3.45. The van der Waals surface area contributed by atoms with Crippen molar-refractivity contribution in [2.24, 2.45) is 0 Å². The normalized spacial score (nSPS) is 14.5. The molecule has 1 aliphatic rings. The van der Waals surface area contributed by atoms with Gasteiger partial charge in [-0.2, -0.15) is 0 Å². The van der Waals surface area contributed by atoms with E-state index in [2.05, 4.69) is 5.48 Å². The molecule has 0 unspecified atom stereocenters. The minimum Gasteiger partial charge on any atom is -0.465 e. The first-order valence-electron chi connectivity index (χ1n) is 9.15. The van der Waals surface area contributed by atoms with Crippen LogP contribution in [0.2, 0.25) is 4.34 Å². The molecule has 1 heterocycles. The minimum absolute atomic E-state index is 0.116. The van der Waals surface area contributed by atoms with Crippen LogP contribution in [0.4, 0.5) is 5.69 Å². The van der Waals surface area contributed by atoms with Crippen molar-refractivity contribution in [1.82, 2.24) is 0 Å². The van der Waals surface area contributed by atoms with Crippen molar-refractivity contribution in [3.05, 3.63) is 64.5 Å². The maximum atomic E-state index is 12.3. The summed E-state index contributed by atoms with van der Waals surface area (Å²) in [4.78, 5) is 13.1. The van der Waals surface area contributed by atoms with E-state index in [1.54, 1.807) is 6.07 Å². The molecular weight excluding hydrogens is 394 g/mol. The number of rotatable bonds is 6. The SMILES string of the molecule is CCOC(=O)C1(c2ccc(-c3ccc(-c4sc(Cl)cc4NO)cc3)cc2)CC1. The third-order valence-corrected chi connectivity index (χ3v) is 6.47. The van der Waals surface area contributed by atoms with E-state index in [1.165, 1.54) is 11.3 Å². The second-order valence-electron chi connectivity index (χ2n) is 6.86. The highest BCUT2D eigenvalue weighted by Gasteiger charge is 2.52. The number of ether oxygens (including phenoxy) is 1. The van der Waals surface area contributed by atoms with Crippen LogP contribution in [0.1, 0.15) is 25.3 Å². The summed E-state index contributed by atoms with van der Waals surface area (Å²) >= 11 is 7.47. The quantitative estimate of drug-likeness (QED) is 0.377. The van der Waals surface area contributed by atoms with E-state index < -0.39 is 5.41 Å². The fraction of sp³-hybridized carbons (Fsp3) is 0.227. The zero-order valence-corrected chi connectivity index (χ0v) is 16.9. The van der Waals surface area contributed by atoms with E-state index in [4.69, 9.17) is 16.3 Å². The number of carbonyl (C=O) groups excluding carboxylic acids is 1. The number of hydrogen-bond acceptors (Lipinski definition) is 5. The fourth-order valence-corrected chi connectivity index (χ4v) is 4.64. The van der Waals surface area contributed by atoms with Gasteiger partial charge in [-0.05, 0) is 48.1 Å². The minimum atomic E-state index is -0.440. The van der Waals surface area contributed by atoms with Crippen LogP contribution >= 0.6 is 22.9 Å². The maximum absolute atomic E-state index is 12.3. The molecule has 0 atom stereocenters. The summed E-state index contributed by atoms with van der Waals surface area (Å²) < 4.78 is 5.86. The zero-order chi connectivity index (χ0) is 19.7. The molecule has 2 N–H and O–H groups in total. The van der Waals surface area contributed by atoms with Gasteiger partial charge in [0.15, 0.2) is 0 Å². The highest BCUT2D eigenvalue weighted by atomic mass is 35.5. The van der Waals surface area contributed by atoms with Gasteiger partial charge in [-0.3, -0.25) is 15.5 Å². The van der Waals surface area contributed by atoms with Crippen LogP contribution in [-0.2, 0) is 14.9 Å². The van der Waals surface area contributed by atoms with Crippen LogP contribution in [-0.4, -0.2) is 17.8 Å². The summed E-state index contributed by atoms with van der Waals surface area (Å²) in [7, 11) is 0. The van der Waals surface area contributed by atoms with E-state index >= 15 is 0 Å². The largest absolute Gasteiger partial charge is 0.465 e. The molecule has 0 bridgehead atoms. The van der Waals surface area contributed by atoms with Crippen molar-refractivity contribution in [2.45, 2.75) is 25.2 Å². The van der Waals surface area contributed by atoms with Gasteiger partial charge in [-0.1, -0.05) is 60.1 Å². The Hall–Kier alpha value is -2.34. The number of esters is 1. The topological polar surface area (TPSA) is 58.6 Å². The van der Waals surface area contributed by atoms with Gasteiger partial charge < -0.3 is 4.74 Å². The number of benzene rings is 2. The van der Waals surface area contributed by atoms with Crippen molar-refractivity contribution >= 4 is 34.6 Å². The van der Waals surface area contributed by atoms with E-state index in [0.29, 0.717) is 16.6 Å². The Morgan fingerprint density at radius 1 is 1.11 bits per heavy atom. The number of halogens is 1. The second kappa shape index (κ2) is 7.59. The van der Waals surface area contributed by atoms with Crippen LogP contribution in [0.3, 0.4) is 0 Å². The summed E-state index contributed by atoms with van der Waals surface area (Å²) in [5.41, 5.74) is 6.52. The smallest absolute Gasteiger partial charge is 0.316 e. The lowest BCUT2D eigenvalue weighted by Gasteiger charge is -2.14. The molecule has 3 aromatic rings. The van der Waals surface area contributed by atoms with E-state index in [9.17, 15) is 10.0 Å².